The summed E-state index contributed by atoms with van der Waals surface area (Å²) in [4.78, 5) is 2.35. The minimum absolute atomic E-state index is 0.877. The smallest absolute Gasteiger partial charge is 0.135 e. The Kier molecular flexibility index (Phi) is 11.7. The van der Waals surface area contributed by atoms with Gasteiger partial charge < -0.3 is 23.0 Å². The Labute approximate surface area is 577 Å². The van der Waals surface area contributed by atoms with E-state index in [2.05, 4.69) is 346 Å². The first-order valence-electron chi connectivity index (χ1n) is 34.3. The number of para-hydroxylation sites is 5. The Morgan fingerprint density at radius 1 is 0.230 bits per heavy atom. The Bertz CT molecular complexity index is 7200. The molecule has 5 heterocycles. The molecular weight excluding hydrogens is 1230 g/mol. The van der Waals surface area contributed by atoms with Gasteiger partial charge in [0, 0.05) is 92.7 Å². The van der Waals surface area contributed by atoms with Crippen LogP contribution in [-0.2, 0) is 0 Å². The highest BCUT2D eigenvalue weighted by atomic mass is 32.1. The van der Waals surface area contributed by atoms with Gasteiger partial charge in [0.25, 0.3) is 0 Å². The van der Waals surface area contributed by atoms with Crippen molar-refractivity contribution in [2.45, 2.75) is 0 Å². The summed E-state index contributed by atoms with van der Waals surface area (Å²) in [6, 6.07) is 126. The molecule has 6 heteroatoms. The number of thiophene rings is 1. The monoisotopic (exact) mass is 1290 g/mol. The van der Waals surface area contributed by atoms with Crippen LogP contribution < -0.4 is 4.90 Å². The van der Waals surface area contributed by atoms with Crippen LogP contribution >= 0.6 is 11.3 Å². The lowest BCUT2D eigenvalue weighted by atomic mass is 9.92. The summed E-state index contributed by atoms with van der Waals surface area (Å²) in [7, 11) is 0. The van der Waals surface area contributed by atoms with Crippen LogP contribution in [0.25, 0.3) is 190 Å². The number of nitrogens with zero attached hydrogens (tertiary/aromatic N) is 4. The van der Waals surface area contributed by atoms with Crippen LogP contribution in [0.1, 0.15) is 0 Å². The standard InChI is InChI=1S/C94H56N4OS/c1-4-20-61(21-5-1)95(65-44-49-89-80(54-65)72-31-17-19-35-88(72)99-89)64-41-36-57(37-42-64)58-38-47-87-81(52-58)91-73-32-14-15-33-74(73)92-82-55-75-69-28-12-10-26-67(69)68-27-11-13-29-70(68)76(75)56-90(82)100-94(92)93(91)98(87)66-43-48-86-79(53-66)78-51-60(40-46-85(78)97(86)63-24-8-3-9-25-63)59-39-45-84-77(50-59)71-30-16-18-34-83(71)96(84)62-22-6-2-7-23-62/h1-56H. The van der Waals surface area contributed by atoms with Crippen molar-refractivity contribution in [2.24, 2.45) is 0 Å². The van der Waals surface area contributed by atoms with Crippen LogP contribution in [0.3, 0.4) is 0 Å². The van der Waals surface area contributed by atoms with Gasteiger partial charge in [-0.15, -0.1) is 11.3 Å². The zero-order valence-electron chi connectivity index (χ0n) is 53.9. The van der Waals surface area contributed by atoms with Crippen molar-refractivity contribution in [3.63, 3.8) is 0 Å². The van der Waals surface area contributed by atoms with Crippen LogP contribution in [0.15, 0.2) is 344 Å². The van der Waals surface area contributed by atoms with Gasteiger partial charge >= 0.3 is 0 Å². The van der Waals surface area contributed by atoms with Gasteiger partial charge in [0.2, 0.25) is 0 Å². The van der Waals surface area contributed by atoms with E-state index in [4.69, 9.17) is 4.42 Å². The fourth-order valence-corrected chi connectivity index (χ4v) is 18.2. The number of rotatable bonds is 8. The Morgan fingerprint density at radius 3 is 1.32 bits per heavy atom. The van der Waals surface area contributed by atoms with Crippen molar-refractivity contribution in [2.75, 3.05) is 4.90 Å². The average molecular weight is 1290 g/mol. The molecule has 22 rings (SSSR count). The summed E-state index contributed by atoms with van der Waals surface area (Å²) in [5.74, 6) is 0. The van der Waals surface area contributed by atoms with E-state index >= 15 is 0 Å². The van der Waals surface area contributed by atoms with E-state index < -0.39 is 0 Å². The number of benzene rings is 17. The maximum Gasteiger partial charge on any atom is 0.135 e. The predicted molar refractivity (Wildman–Crippen MR) is 425 cm³/mol. The molecule has 0 radical (unpaired) electrons. The molecule has 0 spiro atoms. The molecule has 0 aliphatic carbocycles. The number of hydrogen-bond acceptors (Lipinski definition) is 3. The lowest BCUT2D eigenvalue weighted by Gasteiger charge is -2.25. The molecule has 0 atom stereocenters. The van der Waals surface area contributed by atoms with Gasteiger partial charge in [-0.3, -0.25) is 0 Å². The summed E-state index contributed by atoms with van der Waals surface area (Å²) in [6.07, 6.45) is 0. The van der Waals surface area contributed by atoms with E-state index in [9.17, 15) is 0 Å². The van der Waals surface area contributed by atoms with Crippen molar-refractivity contribution < 1.29 is 4.42 Å². The van der Waals surface area contributed by atoms with Gasteiger partial charge in [0.1, 0.15) is 11.2 Å². The van der Waals surface area contributed by atoms with E-state index in [1.165, 1.54) is 123 Å². The first kappa shape index (κ1) is 55.2. The summed E-state index contributed by atoms with van der Waals surface area (Å²) in [5, 5.41) is 22.2. The maximum atomic E-state index is 6.32. The normalized spacial score (nSPS) is 12.2. The summed E-state index contributed by atoms with van der Waals surface area (Å²) in [6.45, 7) is 0. The van der Waals surface area contributed by atoms with Crippen LogP contribution in [0, 0.1) is 0 Å². The third kappa shape index (κ3) is 8.05. The third-order valence-corrected chi connectivity index (χ3v) is 22.5. The number of aromatic nitrogens is 3. The zero-order valence-corrected chi connectivity index (χ0v) is 54.8. The highest BCUT2D eigenvalue weighted by Gasteiger charge is 2.26. The molecule has 0 amide bonds. The van der Waals surface area contributed by atoms with Crippen molar-refractivity contribution in [3.05, 3.63) is 340 Å². The third-order valence-electron chi connectivity index (χ3n) is 21.3. The summed E-state index contributed by atoms with van der Waals surface area (Å²) >= 11 is 1.93. The SMILES string of the molecule is c1ccc(N(c2ccc(-c3ccc4c(c3)c3c5ccccc5c5c6cc7c8ccccc8c8ccccc8c7cc6sc5c3n4-c3ccc4c(c3)c3cc(-c5ccc6c(c5)c5ccccc5n6-c5ccccc5)ccc3n4-c3ccccc3)cc2)c2ccc3oc4ccccc4c3c2)cc1. The van der Waals surface area contributed by atoms with Crippen molar-refractivity contribution in [3.8, 4) is 39.3 Å². The number of hydrogen-bond donors (Lipinski definition) is 0. The average Bonchev–Trinajstić information content (AvgIpc) is 1.51. The molecule has 5 aromatic heterocycles. The fraction of sp³-hybridized carbons (Fsp3) is 0. The Balaban J connectivity index is 0.781. The van der Waals surface area contributed by atoms with E-state index in [1.807, 2.05) is 23.5 Å². The fourth-order valence-electron chi connectivity index (χ4n) is 16.9. The topological polar surface area (TPSA) is 31.2 Å². The molecule has 17 aromatic carbocycles. The van der Waals surface area contributed by atoms with Crippen LogP contribution in [-0.4, -0.2) is 13.7 Å². The van der Waals surface area contributed by atoms with Crippen LogP contribution in [0.5, 0.6) is 0 Å². The van der Waals surface area contributed by atoms with Gasteiger partial charge in [0.15, 0.2) is 0 Å². The predicted octanol–water partition coefficient (Wildman–Crippen LogP) is 26.7. The second-order valence-corrected chi connectivity index (χ2v) is 27.7. The first-order chi connectivity index (χ1) is 49.6. The molecule has 464 valence electrons. The molecule has 0 N–H and O–H groups in total. The van der Waals surface area contributed by atoms with Crippen molar-refractivity contribution in [1.82, 2.24) is 13.7 Å². The zero-order chi connectivity index (χ0) is 65.3. The molecule has 0 saturated heterocycles. The van der Waals surface area contributed by atoms with Crippen molar-refractivity contribution in [1.29, 1.82) is 0 Å². The maximum absolute atomic E-state index is 6.32. The van der Waals surface area contributed by atoms with E-state index in [0.717, 1.165) is 83.7 Å². The van der Waals surface area contributed by atoms with Gasteiger partial charge in [-0.05, 0) is 211 Å². The highest BCUT2D eigenvalue weighted by Crippen LogP contribution is 2.52. The summed E-state index contributed by atoms with van der Waals surface area (Å²) < 4.78 is 16.3. The lowest BCUT2D eigenvalue weighted by Crippen LogP contribution is -2.09. The quantitative estimate of drug-likeness (QED) is 0.142. The van der Waals surface area contributed by atoms with Crippen LogP contribution in [0.4, 0.5) is 17.1 Å². The lowest BCUT2D eigenvalue weighted by molar-refractivity contribution is 0.669. The highest BCUT2D eigenvalue weighted by molar-refractivity contribution is 7.27. The number of anilines is 3. The molecule has 22 aromatic rings. The minimum Gasteiger partial charge on any atom is -0.456 e. The molecular formula is C94H56N4OS. The Morgan fingerprint density at radius 2 is 0.670 bits per heavy atom. The Hall–Kier alpha value is -13.0. The van der Waals surface area contributed by atoms with E-state index in [0.29, 0.717) is 0 Å². The van der Waals surface area contributed by atoms with Crippen molar-refractivity contribution >= 4 is 179 Å². The van der Waals surface area contributed by atoms with Gasteiger partial charge in [-0.2, -0.15) is 0 Å². The van der Waals surface area contributed by atoms with Crippen LogP contribution in [0.2, 0.25) is 0 Å². The molecule has 0 aliphatic heterocycles. The molecule has 0 saturated carbocycles. The second kappa shape index (κ2) is 21.2. The van der Waals surface area contributed by atoms with Gasteiger partial charge in [0.05, 0.1) is 37.8 Å². The molecule has 0 aliphatic rings. The largest absolute Gasteiger partial charge is 0.456 e. The second-order valence-electron chi connectivity index (χ2n) is 26.6. The number of furan rings is 1. The minimum atomic E-state index is 0.877. The molecule has 0 fully saturated rings. The molecule has 0 unspecified atom stereocenters. The molecule has 100 heavy (non-hydrogen) atoms. The van der Waals surface area contributed by atoms with Gasteiger partial charge in [-0.25, -0.2) is 0 Å². The van der Waals surface area contributed by atoms with Gasteiger partial charge in [-0.1, -0.05) is 194 Å². The summed E-state index contributed by atoms with van der Waals surface area (Å²) in [5.41, 5.74) is 20.1. The first-order valence-corrected chi connectivity index (χ1v) is 35.1. The molecule has 5 nitrogen and oxygen atoms in total. The van der Waals surface area contributed by atoms with E-state index in [-0.39, 0.29) is 0 Å². The number of fused-ring (bicyclic) bond motifs is 25. The molecule has 0 bridgehead atoms. The van der Waals surface area contributed by atoms with E-state index in [1.54, 1.807) is 0 Å².